The van der Waals surface area contributed by atoms with Gasteiger partial charge in [-0.25, -0.2) is 39.9 Å². The summed E-state index contributed by atoms with van der Waals surface area (Å²) in [5.74, 6) is 5.59. The van der Waals surface area contributed by atoms with Crippen LogP contribution >= 0.6 is 0 Å². The molecule has 0 bridgehead atoms. The zero-order valence-corrected chi connectivity index (χ0v) is 36.2. The fraction of sp³-hybridized carbons (Fsp3) is 0.489. The minimum absolute atomic E-state index is 0.502. The Morgan fingerprint density at radius 3 is 1.98 bits per heavy atom. The molecule has 8 heterocycles. The number of nitrogens with zero attached hydrogens (tertiary/aromatic N) is 12. The van der Waals surface area contributed by atoms with E-state index in [1.165, 1.54) is 61.3 Å². The molecule has 0 amide bonds. The van der Waals surface area contributed by atoms with Crippen LogP contribution in [0.25, 0.3) is 22.8 Å². The minimum atomic E-state index is 0.502. The van der Waals surface area contributed by atoms with E-state index in [0.717, 1.165) is 154 Å². The highest BCUT2D eigenvalue weighted by molar-refractivity contribution is 5.72. The monoisotopic (exact) mass is 844 g/mol. The van der Waals surface area contributed by atoms with E-state index < -0.39 is 0 Å². The van der Waals surface area contributed by atoms with Gasteiger partial charge in [0.2, 0.25) is 11.9 Å². The van der Waals surface area contributed by atoms with Gasteiger partial charge in [-0.1, -0.05) is 19.8 Å². The van der Waals surface area contributed by atoms with E-state index in [1.54, 1.807) is 0 Å². The number of piperazine rings is 2. The van der Waals surface area contributed by atoms with Crippen LogP contribution in [0, 0.1) is 5.92 Å². The predicted molar refractivity (Wildman–Crippen MR) is 244 cm³/mol. The first-order chi connectivity index (χ1) is 31.1. The van der Waals surface area contributed by atoms with Gasteiger partial charge in [-0.15, -0.1) is 0 Å². The maximum Gasteiger partial charge on any atom is 0.228 e. The number of aryl methyl sites for hydroxylation is 3. The van der Waals surface area contributed by atoms with E-state index >= 15 is 0 Å². The molecule has 2 saturated heterocycles. The molecule has 0 atom stereocenters. The molecule has 16 nitrogen and oxygen atoms in total. The molecule has 16 heteroatoms. The lowest BCUT2D eigenvalue weighted by molar-refractivity contribution is 0.503. The molecule has 324 valence electrons. The molecule has 63 heavy (non-hydrogen) atoms. The number of nitrogens with one attached hydrogen (secondary N) is 4. The molecule has 12 rings (SSSR count). The van der Waals surface area contributed by atoms with Gasteiger partial charge in [-0.3, -0.25) is 0 Å². The smallest absolute Gasteiger partial charge is 0.228 e. The van der Waals surface area contributed by atoms with Crippen molar-refractivity contribution in [1.82, 2.24) is 59.6 Å². The number of aromatic nitrogens is 10. The van der Waals surface area contributed by atoms with Gasteiger partial charge in [0.05, 0.1) is 57.9 Å². The first-order valence-corrected chi connectivity index (χ1v) is 23.4. The highest BCUT2D eigenvalue weighted by Gasteiger charge is 2.34. The van der Waals surface area contributed by atoms with Crippen LogP contribution in [0.2, 0.25) is 0 Å². The van der Waals surface area contributed by atoms with Crippen molar-refractivity contribution < 1.29 is 0 Å². The summed E-state index contributed by atoms with van der Waals surface area (Å²) in [5.41, 5.74) is 12.4. The number of fused-ring (bicyclic) bond motifs is 6. The Bertz CT molecular complexity index is 2640. The second kappa shape index (κ2) is 16.3. The van der Waals surface area contributed by atoms with E-state index in [1.807, 2.05) is 30.9 Å². The summed E-state index contributed by atoms with van der Waals surface area (Å²) >= 11 is 0. The van der Waals surface area contributed by atoms with Crippen LogP contribution in [-0.2, 0) is 38.6 Å². The topological polar surface area (TPSA) is 168 Å². The van der Waals surface area contributed by atoms with Gasteiger partial charge in [0.1, 0.15) is 23.3 Å². The molecule has 0 spiro atoms. The number of hydrogen-bond donors (Lipinski definition) is 4. The fourth-order valence-corrected chi connectivity index (χ4v) is 10.6. The van der Waals surface area contributed by atoms with E-state index in [4.69, 9.17) is 39.9 Å². The average molecular weight is 845 g/mol. The molecule has 6 aromatic rings. The normalized spacial score (nSPS) is 18.1. The number of pyridine rings is 2. The Hall–Kier alpha value is -6.00. The SMILES string of the molecule is CCc1nc2c(n1C1CCCC1)-c1nc(Nc3cc(CCc4nc5c(n4CC4CC4)-c4nc(Nc6ccc(N7CCNCC7)cn6)ncc4C5)c(N4CCNCC4)cn3)ncc1C2. The highest BCUT2D eigenvalue weighted by atomic mass is 15.2. The summed E-state index contributed by atoms with van der Waals surface area (Å²) in [4.78, 5) is 44.8. The van der Waals surface area contributed by atoms with Gasteiger partial charge >= 0.3 is 0 Å². The summed E-state index contributed by atoms with van der Waals surface area (Å²) in [7, 11) is 0. The summed E-state index contributed by atoms with van der Waals surface area (Å²) < 4.78 is 4.99. The zero-order valence-electron chi connectivity index (χ0n) is 36.2. The van der Waals surface area contributed by atoms with E-state index in [0.29, 0.717) is 23.9 Å². The third kappa shape index (κ3) is 7.46. The molecule has 6 aliphatic rings. The van der Waals surface area contributed by atoms with Gasteiger partial charge in [-0.05, 0) is 61.8 Å². The van der Waals surface area contributed by atoms with Crippen LogP contribution in [0.1, 0.15) is 91.2 Å². The fourth-order valence-electron chi connectivity index (χ4n) is 10.6. The van der Waals surface area contributed by atoms with Crippen molar-refractivity contribution in [2.75, 3.05) is 72.8 Å². The van der Waals surface area contributed by atoms with Gasteiger partial charge in [0, 0.05) is 114 Å². The molecule has 6 aromatic heterocycles. The lowest BCUT2D eigenvalue weighted by atomic mass is 10.1. The third-order valence-corrected chi connectivity index (χ3v) is 14.0. The second-order valence-corrected chi connectivity index (χ2v) is 18.2. The van der Waals surface area contributed by atoms with Crippen molar-refractivity contribution in [2.24, 2.45) is 5.92 Å². The maximum atomic E-state index is 5.37. The van der Waals surface area contributed by atoms with Gasteiger partial charge in [-0.2, -0.15) is 0 Å². The third-order valence-electron chi connectivity index (χ3n) is 14.0. The Balaban J connectivity index is 0.814. The van der Waals surface area contributed by atoms with Gasteiger partial charge in [0.15, 0.2) is 0 Å². The van der Waals surface area contributed by atoms with Crippen LogP contribution in [0.4, 0.5) is 34.9 Å². The first-order valence-electron chi connectivity index (χ1n) is 23.4. The summed E-state index contributed by atoms with van der Waals surface area (Å²) in [6.45, 7) is 10.9. The zero-order chi connectivity index (χ0) is 41.9. The molecule has 0 radical (unpaired) electrons. The van der Waals surface area contributed by atoms with Crippen LogP contribution in [0.5, 0.6) is 0 Å². The quantitative estimate of drug-likeness (QED) is 0.110. The van der Waals surface area contributed by atoms with Crippen LogP contribution in [0.15, 0.2) is 43.0 Å². The average Bonchev–Trinajstić information content (AvgIpc) is 3.69. The number of anilines is 6. The number of hydrogen-bond acceptors (Lipinski definition) is 14. The first kappa shape index (κ1) is 38.7. The Labute approximate surface area is 367 Å². The van der Waals surface area contributed by atoms with Crippen molar-refractivity contribution >= 4 is 34.9 Å². The Kier molecular flexibility index (Phi) is 9.99. The summed E-state index contributed by atoms with van der Waals surface area (Å²) in [6.07, 6.45) is 19.5. The second-order valence-electron chi connectivity index (χ2n) is 18.2. The standard InChI is InChI=1S/C47H56N16/c1-2-40-54-36-22-32-25-53-47(59-43(32)45(36)63(40)33-5-3-4-6-33)57-39-23-30(37(27-51-39)61-19-15-49-16-20-61)9-12-41-55-35-21-31-24-52-46(58-42(31)44(35)62(41)28-29-7-8-29)56-38-11-10-34(26-50-38)60-17-13-48-14-18-60/h10-11,23-27,29,33,48-49H,2-9,12-22,28H2,1H3,(H,50,52,56,58)(H,51,53,57,59). The largest absolute Gasteiger partial charge is 0.368 e. The predicted octanol–water partition coefficient (Wildman–Crippen LogP) is 5.77. The summed E-state index contributed by atoms with van der Waals surface area (Å²) in [6, 6.07) is 6.86. The summed E-state index contributed by atoms with van der Waals surface area (Å²) in [5, 5.41) is 13.9. The van der Waals surface area contributed by atoms with Crippen molar-refractivity contribution in [1.29, 1.82) is 0 Å². The molecule has 2 aliphatic heterocycles. The minimum Gasteiger partial charge on any atom is -0.368 e. The van der Waals surface area contributed by atoms with Gasteiger partial charge < -0.3 is 40.2 Å². The maximum absolute atomic E-state index is 5.37. The molecule has 4 fully saturated rings. The molecule has 2 saturated carbocycles. The Morgan fingerprint density at radius 2 is 1.30 bits per heavy atom. The molecule has 0 unspecified atom stereocenters. The van der Waals surface area contributed by atoms with Crippen molar-refractivity contribution in [2.45, 2.75) is 90.1 Å². The molecule has 0 aromatic carbocycles. The van der Waals surface area contributed by atoms with Crippen molar-refractivity contribution in [3.8, 4) is 22.8 Å². The molecular formula is C47H56N16. The van der Waals surface area contributed by atoms with Gasteiger partial charge in [0.25, 0.3) is 0 Å². The van der Waals surface area contributed by atoms with E-state index in [-0.39, 0.29) is 0 Å². The van der Waals surface area contributed by atoms with E-state index in [9.17, 15) is 0 Å². The lowest BCUT2D eigenvalue weighted by Gasteiger charge is -2.31. The highest BCUT2D eigenvalue weighted by Crippen LogP contribution is 2.43. The molecular weight excluding hydrogens is 789 g/mol. The van der Waals surface area contributed by atoms with Crippen molar-refractivity contribution in [3.05, 3.63) is 82.7 Å². The number of imidazole rings is 2. The van der Waals surface area contributed by atoms with E-state index in [2.05, 4.69) is 59.3 Å². The van der Waals surface area contributed by atoms with Crippen LogP contribution < -0.4 is 31.1 Å². The van der Waals surface area contributed by atoms with Crippen LogP contribution in [-0.4, -0.2) is 101 Å². The number of rotatable bonds is 13. The van der Waals surface area contributed by atoms with Crippen molar-refractivity contribution in [3.63, 3.8) is 0 Å². The molecule has 4 N–H and O–H groups in total. The molecule has 4 aliphatic carbocycles. The lowest BCUT2D eigenvalue weighted by Crippen LogP contribution is -2.44. The van der Waals surface area contributed by atoms with Crippen LogP contribution in [0.3, 0.4) is 0 Å². The Morgan fingerprint density at radius 1 is 0.651 bits per heavy atom.